The second kappa shape index (κ2) is 34.0. The molecule has 6 aromatic heterocycles. The van der Waals surface area contributed by atoms with Gasteiger partial charge in [-0.3, -0.25) is 0 Å². The molecule has 0 radical (unpaired) electrons. The SMILES string of the molecule is c1ccc(-c2ccc(-c3ccc(-n4c5ccccc5c5ccc6c(c7ccccc7n6-c6ccccc6)c54)cc3)cc2)cc1.c1ccc(-c2ccc(-n3c4ccccc4c4cc5c(cc43)c3ccccc3n5-c3ccccc3-c3ccccc3)cc2)cc1.c1ccc(-c2cccc(-n3c4ccccc4c4cc5c6ccccc6n(-c6ccc(-c7ccccc7-c7ccccc7)cc6)c5cc43)c2)cc1. The summed E-state index contributed by atoms with van der Waals surface area (Å²) in [7, 11) is 0. The van der Waals surface area contributed by atoms with Crippen molar-refractivity contribution >= 4 is 131 Å². The van der Waals surface area contributed by atoms with Gasteiger partial charge in [0, 0.05) is 98.6 Å². The van der Waals surface area contributed by atoms with Crippen LogP contribution in [0.25, 0.3) is 243 Å². The van der Waals surface area contributed by atoms with E-state index in [1.165, 1.54) is 220 Å². The summed E-state index contributed by atoms with van der Waals surface area (Å²) in [5.74, 6) is 0. The molecule has 0 fully saturated rings. The zero-order chi connectivity index (χ0) is 91.1. The Morgan fingerprint density at radius 2 is 0.377 bits per heavy atom. The van der Waals surface area contributed by atoms with Gasteiger partial charge in [0.15, 0.2) is 0 Å². The van der Waals surface area contributed by atoms with Crippen LogP contribution in [0.15, 0.2) is 534 Å². The molecule has 6 heteroatoms. The van der Waals surface area contributed by atoms with E-state index < -0.39 is 0 Å². The van der Waals surface area contributed by atoms with E-state index >= 15 is 0 Å². The summed E-state index contributed by atoms with van der Waals surface area (Å²) in [6.07, 6.45) is 0. The summed E-state index contributed by atoms with van der Waals surface area (Å²) >= 11 is 0. The van der Waals surface area contributed by atoms with Crippen LogP contribution in [0.1, 0.15) is 0 Å². The third-order valence-electron chi connectivity index (χ3n) is 28.0. The molecule has 0 aliphatic heterocycles. The van der Waals surface area contributed by atoms with Crippen molar-refractivity contribution in [2.45, 2.75) is 0 Å². The van der Waals surface area contributed by atoms with Gasteiger partial charge < -0.3 is 27.4 Å². The first kappa shape index (κ1) is 80.5. The molecular formula is C132H88N6. The van der Waals surface area contributed by atoms with Crippen LogP contribution in [0, 0.1) is 0 Å². The summed E-state index contributed by atoms with van der Waals surface area (Å²) in [6.45, 7) is 0. The molecule has 138 heavy (non-hydrogen) atoms. The molecular weight excluding hydrogens is 1670 g/mol. The van der Waals surface area contributed by atoms with E-state index in [-0.39, 0.29) is 0 Å². The van der Waals surface area contributed by atoms with Gasteiger partial charge in [0.1, 0.15) is 0 Å². The highest BCUT2D eigenvalue weighted by atomic mass is 15.0. The van der Waals surface area contributed by atoms with Gasteiger partial charge in [-0.1, -0.05) is 400 Å². The summed E-state index contributed by atoms with van der Waals surface area (Å²) in [5.41, 5.74) is 38.6. The Labute approximate surface area is 798 Å². The molecule has 22 aromatic carbocycles. The van der Waals surface area contributed by atoms with Crippen LogP contribution in [0.2, 0.25) is 0 Å². The van der Waals surface area contributed by atoms with Crippen molar-refractivity contribution in [2.75, 3.05) is 0 Å². The predicted octanol–water partition coefficient (Wildman–Crippen LogP) is 35.3. The van der Waals surface area contributed by atoms with Crippen molar-refractivity contribution in [3.05, 3.63) is 534 Å². The second-order valence-electron chi connectivity index (χ2n) is 35.7. The number of nitrogens with zero attached hydrogens (tertiary/aromatic N) is 6. The van der Waals surface area contributed by atoms with Gasteiger partial charge in [-0.15, -0.1) is 0 Å². The maximum Gasteiger partial charge on any atom is 0.0641 e. The molecule has 0 N–H and O–H groups in total. The molecule has 6 heterocycles. The molecule has 28 aromatic rings. The molecule has 6 nitrogen and oxygen atoms in total. The van der Waals surface area contributed by atoms with Crippen LogP contribution < -0.4 is 0 Å². The molecule has 28 rings (SSSR count). The predicted molar refractivity (Wildman–Crippen MR) is 583 cm³/mol. The summed E-state index contributed by atoms with van der Waals surface area (Å²) < 4.78 is 14.6. The van der Waals surface area contributed by atoms with Crippen molar-refractivity contribution < 1.29 is 0 Å². The van der Waals surface area contributed by atoms with E-state index in [4.69, 9.17) is 0 Å². The Hall–Kier alpha value is -18.4. The number of rotatable bonds is 13. The first-order valence-electron chi connectivity index (χ1n) is 47.4. The van der Waals surface area contributed by atoms with Gasteiger partial charge in [0.25, 0.3) is 0 Å². The smallest absolute Gasteiger partial charge is 0.0641 e. The first-order valence-corrected chi connectivity index (χ1v) is 47.4. The van der Waals surface area contributed by atoms with E-state index in [0.717, 1.165) is 22.7 Å². The molecule has 646 valence electrons. The van der Waals surface area contributed by atoms with E-state index in [1.54, 1.807) is 0 Å². The van der Waals surface area contributed by atoms with Crippen molar-refractivity contribution in [2.24, 2.45) is 0 Å². The average Bonchev–Trinajstić information content (AvgIpc) is 1.55. The Bertz CT molecular complexity index is 9500. The standard InChI is InChI=1S/C48H32N2.2C42H28N2/c1-3-14-33(15-4-1)36-18-13-19-38(30-36)50-46-25-12-10-23-42(46)44-31-43-41-22-9-11-24-45(41)49(47(43)32-48(44)50)37-28-26-35(27-29-37)40-21-8-7-20-39(40)34-16-5-2-6-17-34;1-3-13-29(14-4-1)30-23-25-32(26-24-30)43-39-21-11-8-18-34(39)36-28-42-37(27-41(36)43)35-19-9-12-22-40(35)44(42)38-20-10-7-17-33(38)31-15-5-2-6-16-31;1-3-11-29(12-4-1)30-19-21-31(22-20-30)32-23-25-34(26-24-32)44-38-17-9-7-15-35(38)36-27-28-40-41(42(36)44)37-16-8-10-18-39(37)43(40)33-13-5-2-6-14-33/h1-32H;2*1-28H. The van der Waals surface area contributed by atoms with Gasteiger partial charge in [0.05, 0.1) is 71.9 Å². The number of para-hydroxylation sites is 8. The fraction of sp³-hybridized carbons (Fsp3) is 0. The monoisotopic (exact) mass is 1760 g/mol. The molecule has 0 aliphatic carbocycles. The lowest BCUT2D eigenvalue weighted by Gasteiger charge is -2.14. The van der Waals surface area contributed by atoms with E-state index in [2.05, 4.69) is 561 Å². The number of aromatic nitrogens is 6. The topological polar surface area (TPSA) is 29.6 Å². The lowest BCUT2D eigenvalue weighted by molar-refractivity contribution is 1.16. The third-order valence-corrected chi connectivity index (χ3v) is 28.0. The quantitative estimate of drug-likeness (QED) is 0.110. The van der Waals surface area contributed by atoms with Gasteiger partial charge in [0.2, 0.25) is 0 Å². The van der Waals surface area contributed by atoms with E-state index in [0.29, 0.717) is 0 Å². The Kier molecular flexibility index (Phi) is 19.9. The van der Waals surface area contributed by atoms with Gasteiger partial charge in [-0.25, -0.2) is 0 Å². The zero-order valence-corrected chi connectivity index (χ0v) is 75.5. The minimum Gasteiger partial charge on any atom is -0.309 e. The highest BCUT2D eigenvalue weighted by Crippen LogP contribution is 2.48. The van der Waals surface area contributed by atoms with Crippen molar-refractivity contribution in [1.29, 1.82) is 0 Å². The first-order chi connectivity index (χ1) is 68.5. The van der Waals surface area contributed by atoms with E-state index in [9.17, 15) is 0 Å². The Balaban J connectivity index is 0.000000107. The van der Waals surface area contributed by atoms with Crippen LogP contribution in [0.5, 0.6) is 0 Å². The lowest BCUT2D eigenvalue weighted by Crippen LogP contribution is -1.97. The van der Waals surface area contributed by atoms with Crippen molar-refractivity contribution in [3.8, 4) is 112 Å². The minimum absolute atomic E-state index is 1.14. The lowest BCUT2D eigenvalue weighted by atomic mass is 9.94. The second-order valence-corrected chi connectivity index (χ2v) is 35.7. The molecule has 0 saturated carbocycles. The molecule has 0 atom stereocenters. The Morgan fingerprint density at radius 3 is 0.841 bits per heavy atom. The normalized spacial score (nSPS) is 11.6. The van der Waals surface area contributed by atoms with Gasteiger partial charge in [-0.2, -0.15) is 0 Å². The number of fused-ring (bicyclic) bond motifs is 19. The van der Waals surface area contributed by atoms with Crippen LogP contribution in [0.4, 0.5) is 0 Å². The fourth-order valence-electron chi connectivity index (χ4n) is 21.7. The summed E-state index contributed by atoms with van der Waals surface area (Å²) in [6, 6.07) is 193. The highest BCUT2D eigenvalue weighted by Gasteiger charge is 2.26. The molecule has 0 amide bonds. The van der Waals surface area contributed by atoms with Gasteiger partial charge >= 0.3 is 0 Å². The van der Waals surface area contributed by atoms with Crippen LogP contribution in [-0.4, -0.2) is 27.4 Å². The van der Waals surface area contributed by atoms with E-state index in [1.807, 2.05) is 0 Å². The number of hydrogen-bond donors (Lipinski definition) is 0. The fourth-order valence-corrected chi connectivity index (χ4v) is 21.7. The number of benzene rings is 22. The van der Waals surface area contributed by atoms with Crippen LogP contribution >= 0.6 is 0 Å². The Morgan fingerprint density at radius 1 is 0.109 bits per heavy atom. The molecule has 0 spiro atoms. The zero-order valence-electron chi connectivity index (χ0n) is 75.5. The summed E-state index contributed by atoms with van der Waals surface area (Å²) in [4.78, 5) is 0. The largest absolute Gasteiger partial charge is 0.309 e. The maximum absolute atomic E-state index is 2.46. The summed E-state index contributed by atoms with van der Waals surface area (Å²) in [5, 5.41) is 15.1. The molecule has 0 bridgehead atoms. The van der Waals surface area contributed by atoms with Crippen LogP contribution in [0.3, 0.4) is 0 Å². The average molecular weight is 1760 g/mol. The number of hydrogen-bond acceptors (Lipinski definition) is 0. The maximum atomic E-state index is 2.46. The van der Waals surface area contributed by atoms with Gasteiger partial charge in [-0.05, 0) is 206 Å². The molecule has 0 saturated heterocycles. The van der Waals surface area contributed by atoms with Crippen molar-refractivity contribution in [1.82, 2.24) is 27.4 Å². The molecule has 0 aliphatic rings. The van der Waals surface area contributed by atoms with Crippen LogP contribution in [-0.2, 0) is 0 Å². The minimum atomic E-state index is 1.14. The molecule has 0 unspecified atom stereocenters. The highest BCUT2D eigenvalue weighted by molar-refractivity contribution is 6.27. The van der Waals surface area contributed by atoms with Crippen molar-refractivity contribution in [3.63, 3.8) is 0 Å². The third kappa shape index (κ3) is 13.8.